The van der Waals surface area contributed by atoms with Gasteiger partial charge in [-0.15, -0.1) is 0 Å². The van der Waals surface area contributed by atoms with E-state index in [-0.39, 0.29) is 23.9 Å². The molecule has 0 aliphatic carbocycles. The van der Waals surface area contributed by atoms with Crippen molar-refractivity contribution in [3.63, 3.8) is 0 Å². The second-order valence-corrected chi connectivity index (χ2v) is 5.95. The summed E-state index contributed by atoms with van der Waals surface area (Å²) < 4.78 is 13.6. The van der Waals surface area contributed by atoms with Crippen molar-refractivity contribution in [1.29, 1.82) is 0 Å². The highest BCUT2D eigenvalue weighted by molar-refractivity contribution is 5.99. The van der Waals surface area contributed by atoms with Gasteiger partial charge in [0.2, 0.25) is 5.91 Å². The lowest BCUT2D eigenvalue weighted by Gasteiger charge is -2.17. The lowest BCUT2D eigenvalue weighted by Crippen LogP contribution is -2.29. The van der Waals surface area contributed by atoms with Crippen LogP contribution in [-0.4, -0.2) is 30.0 Å². The zero-order valence-electron chi connectivity index (χ0n) is 13.6. The topological polar surface area (TPSA) is 69.6 Å². The summed E-state index contributed by atoms with van der Waals surface area (Å²) in [6.07, 6.45) is 0.198. The van der Waals surface area contributed by atoms with Gasteiger partial charge in [-0.05, 0) is 30.7 Å². The quantitative estimate of drug-likeness (QED) is 0.877. The van der Waals surface area contributed by atoms with E-state index in [0.717, 1.165) is 6.42 Å². The van der Waals surface area contributed by atoms with E-state index in [0.29, 0.717) is 24.2 Å². The van der Waals surface area contributed by atoms with E-state index in [1.165, 1.54) is 18.2 Å². The van der Waals surface area contributed by atoms with Crippen molar-refractivity contribution >= 4 is 17.5 Å². The van der Waals surface area contributed by atoms with E-state index in [2.05, 4.69) is 5.32 Å². The number of hydrogen-bond acceptors (Lipinski definition) is 3. The maximum Gasteiger partial charge on any atom is 0.251 e. The molecule has 25 heavy (non-hydrogen) atoms. The van der Waals surface area contributed by atoms with Crippen molar-refractivity contribution in [3.05, 3.63) is 65.5 Å². The van der Waals surface area contributed by atoms with Gasteiger partial charge in [-0.2, -0.15) is 0 Å². The first-order valence-electron chi connectivity index (χ1n) is 8.17. The number of amides is 2. The molecule has 0 aromatic heterocycles. The van der Waals surface area contributed by atoms with Crippen LogP contribution in [0.4, 0.5) is 10.1 Å². The van der Waals surface area contributed by atoms with Crippen LogP contribution in [0.3, 0.4) is 0 Å². The van der Waals surface area contributed by atoms with Crippen LogP contribution in [0, 0.1) is 5.82 Å². The number of nitrogens with zero attached hydrogens (tertiary/aromatic N) is 1. The van der Waals surface area contributed by atoms with Crippen molar-refractivity contribution in [1.82, 2.24) is 5.32 Å². The third kappa shape index (κ3) is 3.85. The SMILES string of the molecule is O=C(NC[C@H](O)c1ccccc1F)c1cccc(N2CCCC2=O)c1. The molecule has 2 amide bonds. The third-order valence-corrected chi connectivity index (χ3v) is 4.21. The Labute approximate surface area is 145 Å². The molecule has 2 N–H and O–H groups in total. The molecule has 0 radical (unpaired) electrons. The molecule has 130 valence electrons. The number of hydrogen-bond donors (Lipinski definition) is 2. The Hall–Kier alpha value is -2.73. The van der Waals surface area contributed by atoms with Crippen LogP contribution in [0.1, 0.15) is 34.9 Å². The molecule has 1 saturated heterocycles. The van der Waals surface area contributed by atoms with Gasteiger partial charge in [0.05, 0.1) is 6.10 Å². The van der Waals surface area contributed by atoms with Gasteiger partial charge in [0, 0.05) is 36.3 Å². The van der Waals surface area contributed by atoms with Crippen LogP contribution in [0.5, 0.6) is 0 Å². The minimum absolute atomic E-state index is 0.0486. The molecule has 0 saturated carbocycles. The molecule has 1 heterocycles. The molecular formula is C19H19FN2O3. The Morgan fingerprint density at radius 3 is 2.76 bits per heavy atom. The van der Waals surface area contributed by atoms with Crippen LogP contribution in [0.15, 0.2) is 48.5 Å². The number of benzene rings is 2. The molecule has 3 rings (SSSR count). The zero-order valence-corrected chi connectivity index (χ0v) is 13.6. The fourth-order valence-electron chi connectivity index (χ4n) is 2.88. The number of anilines is 1. The molecule has 0 unspecified atom stereocenters. The smallest absolute Gasteiger partial charge is 0.251 e. The van der Waals surface area contributed by atoms with Crippen molar-refractivity contribution in [2.45, 2.75) is 18.9 Å². The first-order valence-corrected chi connectivity index (χ1v) is 8.17. The van der Waals surface area contributed by atoms with Crippen molar-refractivity contribution < 1.29 is 19.1 Å². The van der Waals surface area contributed by atoms with E-state index in [4.69, 9.17) is 0 Å². The molecule has 2 aromatic rings. The average molecular weight is 342 g/mol. The number of nitrogens with one attached hydrogen (secondary N) is 1. The highest BCUT2D eigenvalue weighted by atomic mass is 19.1. The lowest BCUT2D eigenvalue weighted by atomic mass is 10.1. The molecule has 1 atom stereocenters. The summed E-state index contributed by atoms with van der Waals surface area (Å²) in [6, 6.07) is 12.7. The Kier molecular flexibility index (Phi) is 5.09. The largest absolute Gasteiger partial charge is 0.386 e. The number of rotatable bonds is 5. The number of aliphatic hydroxyl groups is 1. The molecule has 0 bridgehead atoms. The van der Waals surface area contributed by atoms with Gasteiger partial charge >= 0.3 is 0 Å². The lowest BCUT2D eigenvalue weighted by molar-refractivity contribution is -0.117. The monoisotopic (exact) mass is 342 g/mol. The first kappa shape index (κ1) is 17.1. The molecule has 0 spiro atoms. The fraction of sp³-hybridized carbons (Fsp3) is 0.263. The van der Waals surface area contributed by atoms with Gasteiger partial charge in [0.15, 0.2) is 0 Å². The highest BCUT2D eigenvalue weighted by Gasteiger charge is 2.22. The van der Waals surface area contributed by atoms with Crippen molar-refractivity contribution in [2.24, 2.45) is 0 Å². The number of carbonyl (C=O) groups is 2. The Morgan fingerprint density at radius 1 is 1.24 bits per heavy atom. The minimum atomic E-state index is -1.13. The van der Waals surface area contributed by atoms with Gasteiger partial charge in [0.1, 0.15) is 5.82 Å². The van der Waals surface area contributed by atoms with Gasteiger partial charge < -0.3 is 15.3 Å². The summed E-state index contributed by atoms with van der Waals surface area (Å²) >= 11 is 0. The van der Waals surface area contributed by atoms with Crippen LogP contribution in [-0.2, 0) is 4.79 Å². The predicted molar refractivity (Wildman–Crippen MR) is 91.7 cm³/mol. The van der Waals surface area contributed by atoms with E-state index in [9.17, 15) is 19.1 Å². The average Bonchev–Trinajstić information content (AvgIpc) is 3.06. The molecule has 6 heteroatoms. The Morgan fingerprint density at radius 2 is 2.04 bits per heavy atom. The van der Waals surface area contributed by atoms with E-state index >= 15 is 0 Å². The number of carbonyl (C=O) groups excluding carboxylic acids is 2. The van der Waals surface area contributed by atoms with Gasteiger partial charge in [-0.1, -0.05) is 24.3 Å². The second-order valence-electron chi connectivity index (χ2n) is 5.95. The highest BCUT2D eigenvalue weighted by Crippen LogP contribution is 2.22. The summed E-state index contributed by atoms with van der Waals surface area (Å²) in [7, 11) is 0. The van der Waals surface area contributed by atoms with Gasteiger partial charge in [-0.25, -0.2) is 4.39 Å². The maximum absolute atomic E-state index is 13.6. The first-order chi connectivity index (χ1) is 12.1. The summed E-state index contributed by atoms with van der Waals surface area (Å²) in [4.78, 5) is 25.8. The normalized spacial score (nSPS) is 15.3. The molecule has 1 aliphatic heterocycles. The van der Waals surface area contributed by atoms with Crippen molar-refractivity contribution in [2.75, 3.05) is 18.0 Å². The van der Waals surface area contributed by atoms with E-state index in [1.54, 1.807) is 35.2 Å². The summed E-state index contributed by atoms with van der Waals surface area (Å²) in [5, 5.41) is 12.6. The Bertz CT molecular complexity index is 794. The number of halogens is 1. The minimum Gasteiger partial charge on any atom is -0.386 e. The Balaban J connectivity index is 1.65. The molecule has 5 nitrogen and oxygen atoms in total. The molecular weight excluding hydrogens is 323 g/mol. The summed E-state index contributed by atoms with van der Waals surface area (Å²) in [6.45, 7) is 0.544. The summed E-state index contributed by atoms with van der Waals surface area (Å²) in [5.41, 5.74) is 1.21. The number of aliphatic hydroxyl groups excluding tert-OH is 1. The van der Waals surface area contributed by atoms with E-state index in [1.807, 2.05) is 0 Å². The summed E-state index contributed by atoms with van der Waals surface area (Å²) in [5.74, 6) is -0.852. The van der Waals surface area contributed by atoms with Gasteiger partial charge in [0.25, 0.3) is 5.91 Å². The predicted octanol–water partition coefficient (Wildman–Crippen LogP) is 2.42. The molecule has 2 aromatic carbocycles. The zero-order chi connectivity index (χ0) is 17.8. The van der Waals surface area contributed by atoms with Crippen molar-refractivity contribution in [3.8, 4) is 0 Å². The fourth-order valence-corrected chi connectivity index (χ4v) is 2.88. The van der Waals surface area contributed by atoms with Crippen LogP contribution >= 0.6 is 0 Å². The maximum atomic E-state index is 13.6. The van der Waals surface area contributed by atoms with Gasteiger partial charge in [-0.3, -0.25) is 9.59 Å². The standard InChI is InChI=1S/C19H19FN2O3/c20-16-8-2-1-7-15(16)17(23)12-21-19(25)13-5-3-6-14(11-13)22-10-4-9-18(22)24/h1-3,5-8,11,17,23H,4,9-10,12H2,(H,21,25)/t17-/m0/s1. The third-order valence-electron chi connectivity index (χ3n) is 4.21. The van der Waals surface area contributed by atoms with Crippen LogP contribution < -0.4 is 10.2 Å². The molecule has 1 fully saturated rings. The second kappa shape index (κ2) is 7.44. The van der Waals surface area contributed by atoms with E-state index < -0.39 is 11.9 Å². The van der Waals surface area contributed by atoms with Crippen LogP contribution in [0.2, 0.25) is 0 Å². The van der Waals surface area contributed by atoms with Crippen LogP contribution in [0.25, 0.3) is 0 Å². The molecule has 1 aliphatic rings.